The molecular weight excluding hydrogens is 320 g/mol. The van der Waals surface area contributed by atoms with E-state index >= 15 is 0 Å². The maximum absolute atomic E-state index is 11.9. The molecule has 0 amide bonds. The first-order chi connectivity index (χ1) is 12.0. The zero-order chi connectivity index (χ0) is 18.7. The van der Waals surface area contributed by atoms with E-state index in [-0.39, 0.29) is 18.5 Å². The van der Waals surface area contributed by atoms with Gasteiger partial charge in [-0.25, -0.2) is 4.79 Å². The van der Waals surface area contributed by atoms with Gasteiger partial charge in [0.05, 0.1) is 6.61 Å². The smallest absolute Gasteiger partial charge is 0.334 e. The van der Waals surface area contributed by atoms with E-state index in [0.717, 1.165) is 25.7 Å². The van der Waals surface area contributed by atoms with Crippen molar-refractivity contribution < 1.29 is 24.2 Å². The number of allylic oxidation sites excluding steroid dienone is 1. The number of unbranched alkanes of at least 4 members (excludes halogenated alkanes) is 5. The summed E-state index contributed by atoms with van der Waals surface area (Å²) in [4.78, 5) is 23.8. The van der Waals surface area contributed by atoms with Crippen LogP contribution in [-0.2, 0) is 19.1 Å². The summed E-state index contributed by atoms with van der Waals surface area (Å²) in [5.41, 5.74) is 0.615. The van der Waals surface area contributed by atoms with Crippen LogP contribution >= 0.6 is 0 Å². The summed E-state index contributed by atoms with van der Waals surface area (Å²) in [7, 11) is 0. The van der Waals surface area contributed by atoms with Crippen molar-refractivity contribution in [2.24, 2.45) is 5.92 Å². The largest absolute Gasteiger partial charge is 0.456 e. The molecule has 0 radical (unpaired) electrons. The van der Waals surface area contributed by atoms with E-state index < -0.39 is 12.2 Å². The van der Waals surface area contributed by atoms with Gasteiger partial charge in [-0.1, -0.05) is 59.0 Å². The summed E-state index contributed by atoms with van der Waals surface area (Å²) in [6, 6.07) is 0. The fourth-order valence-corrected chi connectivity index (χ4v) is 2.82. The highest BCUT2D eigenvalue weighted by atomic mass is 16.6. The lowest BCUT2D eigenvalue weighted by Crippen LogP contribution is -2.34. The fourth-order valence-electron chi connectivity index (χ4n) is 2.82. The second-order valence-electron chi connectivity index (χ2n) is 7.24. The minimum Gasteiger partial charge on any atom is -0.456 e. The molecule has 0 aromatic heterocycles. The Kier molecular flexibility index (Phi) is 10.5. The highest BCUT2D eigenvalue weighted by Crippen LogP contribution is 2.25. The lowest BCUT2D eigenvalue weighted by molar-refractivity contribution is -0.164. The average Bonchev–Trinajstić information content (AvgIpc) is 2.94. The molecule has 1 fully saturated rings. The normalized spacial score (nSPS) is 20.1. The molecule has 0 saturated carbocycles. The first kappa shape index (κ1) is 21.7. The van der Waals surface area contributed by atoms with Crippen molar-refractivity contribution in [1.29, 1.82) is 0 Å². The number of hydrogen-bond donors (Lipinski definition) is 1. The second-order valence-corrected chi connectivity index (χ2v) is 7.24. The van der Waals surface area contributed by atoms with Gasteiger partial charge in [0, 0.05) is 18.4 Å². The molecule has 0 aliphatic carbocycles. The Bertz CT molecular complexity index is 441. The van der Waals surface area contributed by atoms with Crippen LogP contribution in [0.1, 0.15) is 78.6 Å². The van der Waals surface area contributed by atoms with Crippen molar-refractivity contribution in [3.63, 3.8) is 0 Å². The van der Waals surface area contributed by atoms with Gasteiger partial charge in [-0.3, -0.25) is 4.79 Å². The van der Waals surface area contributed by atoms with Crippen LogP contribution in [0.15, 0.2) is 11.6 Å². The topological polar surface area (TPSA) is 72.8 Å². The van der Waals surface area contributed by atoms with E-state index in [9.17, 15) is 14.7 Å². The molecular formula is C20H34O5. The van der Waals surface area contributed by atoms with Crippen LogP contribution in [0, 0.1) is 5.92 Å². The van der Waals surface area contributed by atoms with Crippen LogP contribution < -0.4 is 0 Å². The molecule has 1 saturated heterocycles. The standard InChI is InChI=1S/C20H34O5/c1-4-5-6-7-8-9-10-19(22)24-18(14-21)17-13-16(20(23)25-17)12-11-15(2)3/h12,15,17-18,21H,4-11,13-14H2,1-3H3/b16-12-/t17?,18-/m0/s1. The van der Waals surface area contributed by atoms with E-state index in [1.165, 1.54) is 19.3 Å². The Hall–Kier alpha value is -1.36. The third-order valence-electron chi connectivity index (χ3n) is 4.39. The molecule has 0 aromatic carbocycles. The molecule has 1 heterocycles. The van der Waals surface area contributed by atoms with Crippen molar-refractivity contribution in [1.82, 2.24) is 0 Å². The number of carbonyl (C=O) groups is 2. The summed E-state index contributed by atoms with van der Waals surface area (Å²) in [5, 5.41) is 9.51. The molecule has 2 atom stereocenters. The van der Waals surface area contributed by atoms with E-state index in [4.69, 9.17) is 9.47 Å². The first-order valence-corrected chi connectivity index (χ1v) is 9.68. The third-order valence-corrected chi connectivity index (χ3v) is 4.39. The van der Waals surface area contributed by atoms with Crippen molar-refractivity contribution in [2.75, 3.05) is 6.61 Å². The van der Waals surface area contributed by atoms with Gasteiger partial charge in [0.1, 0.15) is 6.10 Å². The maximum Gasteiger partial charge on any atom is 0.334 e. The molecule has 1 N–H and O–H groups in total. The number of hydrogen-bond acceptors (Lipinski definition) is 5. The average molecular weight is 354 g/mol. The van der Waals surface area contributed by atoms with Crippen LogP contribution in [0.5, 0.6) is 0 Å². The predicted molar refractivity (Wildman–Crippen MR) is 97.0 cm³/mol. The van der Waals surface area contributed by atoms with Crippen LogP contribution in [-0.4, -0.2) is 35.9 Å². The zero-order valence-corrected chi connectivity index (χ0v) is 16.0. The van der Waals surface area contributed by atoms with E-state index in [0.29, 0.717) is 24.3 Å². The van der Waals surface area contributed by atoms with Gasteiger partial charge in [0.15, 0.2) is 6.10 Å². The van der Waals surface area contributed by atoms with Gasteiger partial charge in [-0.2, -0.15) is 0 Å². The molecule has 1 unspecified atom stereocenters. The Morgan fingerprint density at radius 3 is 2.60 bits per heavy atom. The fraction of sp³-hybridized carbons (Fsp3) is 0.800. The van der Waals surface area contributed by atoms with Crippen molar-refractivity contribution in [2.45, 2.75) is 90.8 Å². The molecule has 0 aromatic rings. The van der Waals surface area contributed by atoms with Crippen molar-refractivity contribution in [3.8, 4) is 0 Å². The summed E-state index contributed by atoms with van der Waals surface area (Å²) in [6.07, 6.45) is 8.65. The third kappa shape index (κ3) is 8.52. The van der Waals surface area contributed by atoms with E-state index in [2.05, 4.69) is 20.8 Å². The number of cyclic esters (lactones) is 1. The van der Waals surface area contributed by atoms with E-state index in [1.54, 1.807) is 0 Å². The second kappa shape index (κ2) is 12.1. The summed E-state index contributed by atoms with van der Waals surface area (Å²) in [5.74, 6) is -0.232. The Morgan fingerprint density at radius 1 is 1.28 bits per heavy atom. The predicted octanol–water partition coefficient (Wildman–Crippen LogP) is 3.93. The number of aliphatic hydroxyl groups is 1. The molecule has 0 spiro atoms. The SMILES string of the molecule is CCCCCCCCC(=O)O[C@@H](CO)C1C/C(=C/CC(C)C)C(=O)O1. The lowest BCUT2D eigenvalue weighted by Gasteiger charge is -2.20. The lowest BCUT2D eigenvalue weighted by atomic mass is 10.0. The quantitative estimate of drug-likeness (QED) is 0.327. The number of esters is 2. The van der Waals surface area contributed by atoms with Gasteiger partial charge in [0.2, 0.25) is 0 Å². The van der Waals surface area contributed by atoms with Gasteiger partial charge in [0.25, 0.3) is 0 Å². The van der Waals surface area contributed by atoms with Crippen LogP contribution in [0.4, 0.5) is 0 Å². The van der Waals surface area contributed by atoms with Crippen LogP contribution in [0.25, 0.3) is 0 Å². The molecule has 0 bridgehead atoms. The van der Waals surface area contributed by atoms with Gasteiger partial charge >= 0.3 is 11.9 Å². The minimum absolute atomic E-state index is 0.329. The molecule has 5 nitrogen and oxygen atoms in total. The Labute approximate surface area is 151 Å². The molecule has 1 rings (SSSR count). The highest BCUT2D eigenvalue weighted by molar-refractivity contribution is 5.90. The van der Waals surface area contributed by atoms with Crippen LogP contribution in [0.3, 0.4) is 0 Å². The van der Waals surface area contributed by atoms with Crippen LogP contribution in [0.2, 0.25) is 0 Å². The summed E-state index contributed by atoms with van der Waals surface area (Å²) < 4.78 is 10.6. The van der Waals surface area contributed by atoms with Gasteiger partial charge in [-0.05, 0) is 18.8 Å². The monoisotopic (exact) mass is 354 g/mol. The van der Waals surface area contributed by atoms with Crippen molar-refractivity contribution in [3.05, 3.63) is 11.6 Å². The number of carbonyl (C=O) groups excluding carboxylic acids is 2. The highest BCUT2D eigenvalue weighted by Gasteiger charge is 2.36. The summed E-state index contributed by atoms with van der Waals surface area (Å²) >= 11 is 0. The minimum atomic E-state index is -0.776. The molecule has 1 aliphatic heterocycles. The molecule has 25 heavy (non-hydrogen) atoms. The number of aliphatic hydroxyl groups excluding tert-OH is 1. The first-order valence-electron chi connectivity index (χ1n) is 9.68. The summed E-state index contributed by atoms with van der Waals surface area (Å²) in [6.45, 7) is 5.99. The number of ether oxygens (including phenoxy) is 2. The zero-order valence-electron chi connectivity index (χ0n) is 16.0. The molecule has 144 valence electrons. The molecule has 1 aliphatic rings. The van der Waals surface area contributed by atoms with Crippen molar-refractivity contribution >= 4 is 11.9 Å². The van der Waals surface area contributed by atoms with Gasteiger partial charge in [-0.15, -0.1) is 0 Å². The number of rotatable bonds is 12. The maximum atomic E-state index is 11.9. The van der Waals surface area contributed by atoms with Gasteiger partial charge < -0.3 is 14.6 Å². The van der Waals surface area contributed by atoms with E-state index in [1.807, 2.05) is 6.08 Å². The molecule has 5 heteroatoms. The Balaban J connectivity index is 2.37. The Morgan fingerprint density at radius 2 is 1.96 bits per heavy atom.